The minimum absolute atomic E-state index is 0.0329. The van der Waals surface area contributed by atoms with Gasteiger partial charge in [-0.25, -0.2) is 20.4 Å². The van der Waals surface area contributed by atoms with Crippen LogP contribution in [0.5, 0.6) is 0 Å². The number of fused-ring (bicyclic) bond motifs is 6. The predicted octanol–water partition coefficient (Wildman–Crippen LogP) is 6.86. The number of carbonyl (C=O) groups excluding carboxylic acids is 3. The quantitative estimate of drug-likeness (QED) is 0.156. The molecule has 6 bridgehead atoms. The summed E-state index contributed by atoms with van der Waals surface area (Å²) in [6.07, 6.45) is 2.80. The van der Waals surface area contributed by atoms with Gasteiger partial charge < -0.3 is 19.4 Å². The van der Waals surface area contributed by atoms with Crippen molar-refractivity contribution in [3.05, 3.63) is 82.5 Å². The van der Waals surface area contributed by atoms with Gasteiger partial charge in [-0.3, -0.25) is 34.2 Å². The molecule has 4 fully saturated rings. The number of rotatable bonds is 8. The van der Waals surface area contributed by atoms with E-state index in [0.29, 0.717) is 82.2 Å². The molecule has 4 aliphatic heterocycles. The third-order valence-corrected chi connectivity index (χ3v) is 16.2. The number of cyclic esters (lactones) is 1. The summed E-state index contributed by atoms with van der Waals surface area (Å²) >= 11 is 1.38. The first-order valence-electron chi connectivity index (χ1n) is 23.9. The van der Waals surface area contributed by atoms with Crippen molar-refractivity contribution < 1.29 is 37.0 Å². The monoisotopic (exact) mass is 968 g/mol. The van der Waals surface area contributed by atoms with E-state index >= 15 is 4.79 Å². The van der Waals surface area contributed by atoms with E-state index in [4.69, 9.17) is 14.5 Å². The average Bonchev–Trinajstić information content (AvgIpc) is 3.58. The summed E-state index contributed by atoms with van der Waals surface area (Å²) in [5.41, 5.74) is 6.71. The first kappa shape index (κ1) is 47.3. The Kier molecular flexibility index (Phi) is 12.4. The summed E-state index contributed by atoms with van der Waals surface area (Å²) in [6, 6.07) is 8.02. The van der Waals surface area contributed by atoms with Crippen LogP contribution in [-0.4, -0.2) is 128 Å². The largest absolute Gasteiger partial charge is 0.464 e. The van der Waals surface area contributed by atoms with Gasteiger partial charge in [0, 0.05) is 95.0 Å². The van der Waals surface area contributed by atoms with Crippen LogP contribution in [0.2, 0.25) is 0 Å². The zero-order valence-corrected chi connectivity index (χ0v) is 40.6. The van der Waals surface area contributed by atoms with Crippen molar-refractivity contribution in [2.75, 3.05) is 46.9 Å². The number of amides is 2. The molecule has 1 aromatic carbocycles. The molecule has 0 unspecified atom stereocenters. The lowest BCUT2D eigenvalue weighted by Gasteiger charge is -2.55. The molecular formula is C50H59F3N10O5S. The molecule has 10 rings (SSSR count). The topological polar surface area (TPSA) is 160 Å². The number of thiazole rings is 1. The van der Waals surface area contributed by atoms with E-state index < -0.39 is 54.3 Å². The molecule has 5 aliphatic rings. The highest BCUT2D eigenvalue weighted by Crippen LogP contribution is 2.53. The van der Waals surface area contributed by atoms with Gasteiger partial charge in [0.2, 0.25) is 5.91 Å². The summed E-state index contributed by atoms with van der Waals surface area (Å²) in [7, 11) is 3.67. The molecule has 15 nitrogen and oxygen atoms in total. The number of halogens is 3. The molecule has 7 atom stereocenters. The number of ether oxygens (including phenoxy) is 2. The van der Waals surface area contributed by atoms with Gasteiger partial charge >= 0.3 is 12.1 Å². The Morgan fingerprint density at radius 1 is 1.10 bits per heavy atom. The average molecular weight is 969 g/mol. The molecule has 1 spiro atoms. The molecule has 366 valence electrons. The fraction of sp³-hybridized carbons (Fsp3) is 0.540. The maximum Gasteiger partial charge on any atom is 0.406 e. The lowest BCUT2D eigenvalue weighted by Crippen LogP contribution is -2.70. The van der Waals surface area contributed by atoms with Crippen molar-refractivity contribution in [3.8, 4) is 22.5 Å². The van der Waals surface area contributed by atoms with Gasteiger partial charge in [0.15, 0.2) is 0 Å². The van der Waals surface area contributed by atoms with Crippen LogP contribution < -0.4 is 10.7 Å². The molecule has 4 aromatic heterocycles. The summed E-state index contributed by atoms with van der Waals surface area (Å²) in [5.74, 6) is -1.84. The highest BCUT2D eigenvalue weighted by atomic mass is 32.1. The summed E-state index contributed by atoms with van der Waals surface area (Å²) in [4.78, 5) is 67.1. The molecule has 8 heterocycles. The molecule has 1 aliphatic carbocycles. The Hall–Kier alpha value is -5.34. The number of hydrogen-bond acceptors (Lipinski definition) is 13. The van der Waals surface area contributed by atoms with Crippen LogP contribution in [0.15, 0.2) is 60.5 Å². The van der Waals surface area contributed by atoms with E-state index in [1.165, 1.54) is 34.3 Å². The minimum Gasteiger partial charge on any atom is -0.464 e. The maximum absolute atomic E-state index is 15.3. The van der Waals surface area contributed by atoms with Gasteiger partial charge in [-0.05, 0) is 94.4 Å². The van der Waals surface area contributed by atoms with E-state index in [1.54, 1.807) is 36.7 Å². The Morgan fingerprint density at radius 2 is 1.91 bits per heavy atom. The fourth-order valence-electron chi connectivity index (χ4n) is 11.4. The number of pyridine rings is 1. The number of benzene rings is 1. The maximum atomic E-state index is 15.3. The van der Waals surface area contributed by atoms with E-state index in [2.05, 4.69) is 42.5 Å². The lowest BCUT2D eigenvalue weighted by atomic mass is 9.84. The van der Waals surface area contributed by atoms with E-state index in [0.717, 1.165) is 25.1 Å². The number of nitrogens with one attached hydrogen (secondary N) is 2. The second-order valence-electron chi connectivity index (χ2n) is 20.5. The van der Waals surface area contributed by atoms with Crippen LogP contribution in [0.25, 0.3) is 33.4 Å². The Labute approximate surface area is 403 Å². The number of likely N-dealkylation sites (N-methyl/N-ethyl adjacent to an activating group) is 1. The zero-order chi connectivity index (χ0) is 48.6. The molecular weight excluding hydrogens is 910 g/mol. The number of alkyl halides is 3. The van der Waals surface area contributed by atoms with Crippen molar-refractivity contribution >= 4 is 40.0 Å². The number of hydrazine groups is 1. The van der Waals surface area contributed by atoms with Gasteiger partial charge in [-0.1, -0.05) is 26.8 Å². The summed E-state index contributed by atoms with van der Waals surface area (Å²) in [5, 5.41) is 7.83. The summed E-state index contributed by atoms with van der Waals surface area (Å²) < 4.78 is 57.5. The van der Waals surface area contributed by atoms with Crippen molar-refractivity contribution in [1.29, 1.82) is 0 Å². The van der Waals surface area contributed by atoms with Crippen LogP contribution in [-0.2, 0) is 36.8 Å². The van der Waals surface area contributed by atoms with Gasteiger partial charge in [-0.15, -0.1) is 11.3 Å². The highest BCUT2D eigenvalue weighted by molar-refractivity contribution is 7.10. The molecule has 2 N–H and O–H groups in total. The van der Waals surface area contributed by atoms with E-state index in [-0.39, 0.29) is 42.2 Å². The standard InChI is InChI=1S/C50H59F3N10O5S/c1-28-38(34-14-17-54-27-56-34)39(28)44(64)58-41-43(61-23-49(24-61)15-9-18-60(49)5)45-57-36(22-69-45)30-12-13-37-32(20-30)33(21-48(3,4)26-68-47(66)35-11-8-19-63(59-35)46(41)65)42(62(37)25-50(51,52)53)31-10-7-16-55-40(31)29(2)67-6/h7,10,12-14,16-17,20,22,27-29,35,38-39,41,43,59H,8-9,11,15,18-19,21,23-26H2,1-6H3,(H,58,64)/t28-,29-,35-,38-,39+,41-,43-/m0/s1. The normalized spacial score (nSPS) is 26.7. The highest BCUT2D eigenvalue weighted by Gasteiger charge is 2.57. The second kappa shape index (κ2) is 18.1. The zero-order valence-electron chi connectivity index (χ0n) is 39.8. The summed E-state index contributed by atoms with van der Waals surface area (Å²) in [6.45, 7) is 8.88. The van der Waals surface area contributed by atoms with Gasteiger partial charge in [-0.2, -0.15) is 13.2 Å². The number of aromatic nitrogens is 5. The molecule has 2 amide bonds. The minimum atomic E-state index is -4.58. The number of carbonyl (C=O) groups is 3. The molecule has 69 heavy (non-hydrogen) atoms. The number of hydrogen-bond donors (Lipinski definition) is 2. The number of nitrogens with zero attached hydrogens (tertiary/aromatic N) is 8. The van der Waals surface area contributed by atoms with Gasteiger partial charge in [0.25, 0.3) is 5.91 Å². The molecule has 5 aromatic rings. The molecule has 0 radical (unpaired) electrons. The van der Waals surface area contributed by atoms with Crippen LogP contribution in [0.1, 0.15) is 93.4 Å². The molecule has 19 heteroatoms. The number of likely N-dealkylation sites (tertiary alicyclic amines) is 2. The van der Waals surface area contributed by atoms with Gasteiger partial charge in [0.1, 0.15) is 30.0 Å². The van der Waals surface area contributed by atoms with E-state index in [9.17, 15) is 22.8 Å². The SMILES string of the molecule is CO[C@@H](C)c1ncccc1-c1c2c3cc(ccc3n1CC(F)(F)F)-c1csc(n1)[C@@H](N1CC3(CCCN3C)C1)[C@H](NC(=O)[C@@H]1[C@@H](C)[C@H]1c1ccncn1)C(=O)N1CCC[C@H](N1)C(=O)OCC(C)(C)C2. The smallest absolute Gasteiger partial charge is 0.406 e. The van der Waals surface area contributed by atoms with E-state index in [1.807, 2.05) is 45.2 Å². The predicted molar refractivity (Wildman–Crippen MR) is 252 cm³/mol. The van der Waals surface area contributed by atoms with Crippen molar-refractivity contribution in [1.82, 2.24) is 50.1 Å². The molecule has 1 saturated carbocycles. The van der Waals surface area contributed by atoms with Crippen LogP contribution >= 0.6 is 11.3 Å². The third kappa shape index (κ3) is 8.93. The van der Waals surface area contributed by atoms with Crippen LogP contribution in [0.4, 0.5) is 13.2 Å². The first-order chi connectivity index (χ1) is 33.0. The van der Waals surface area contributed by atoms with Crippen molar-refractivity contribution in [2.24, 2.45) is 17.3 Å². The Morgan fingerprint density at radius 3 is 2.64 bits per heavy atom. The lowest BCUT2D eigenvalue weighted by molar-refractivity contribution is -0.157. The number of methoxy groups -OCH3 is 1. The van der Waals surface area contributed by atoms with Crippen molar-refractivity contribution in [2.45, 2.75) is 108 Å². The Balaban J connectivity index is 1.13. The number of esters is 1. The fourth-order valence-corrected chi connectivity index (χ4v) is 12.4. The Bertz CT molecular complexity index is 2760. The van der Waals surface area contributed by atoms with Crippen LogP contribution in [0.3, 0.4) is 0 Å². The first-order valence-corrected chi connectivity index (χ1v) is 24.8. The van der Waals surface area contributed by atoms with Crippen LogP contribution in [0, 0.1) is 17.3 Å². The van der Waals surface area contributed by atoms with Gasteiger partial charge in [0.05, 0.1) is 35.8 Å². The molecule has 3 saturated heterocycles. The van der Waals surface area contributed by atoms with Crippen molar-refractivity contribution in [3.63, 3.8) is 0 Å². The third-order valence-electron chi connectivity index (χ3n) is 15.2. The second-order valence-corrected chi connectivity index (χ2v) is 21.4.